The summed E-state index contributed by atoms with van der Waals surface area (Å²) < 4.78 is 12.4. The Morgan fingerprint density at radius 3 is 2.33 bits per heavy atom. The Labute approximate surface area is 106 Å². The molecule has 0 saturated heterocycles. The summed E-state index contributed by atoms with van der Waals surface area (Å²) in [4.78, 5) is 0. The maximum absolute atomic E-state index is 5.61. The number of hydrogen-bond donors (Lipinski definition) is 1. The van der Waals surface area contributed by atoms with Crippen molar-refractivity contribution >= 4 is 31.9 Å². The molecule has 0 radical (unpaired) electrons. The molecule has 2 N–H and O–H groups in total. The predicted molar refractivity (Wildman–Crippen MR) is 67.5 cm³/mol. The van der Waals surface area contributed by atoms with E-state index in [2.05, 4.69) is 31.9 Å². The minimum absolute atomic E-state index is 0.0118. The number of ether oxygens (including phenoxy) is 2. The second-order valence-corrected chi connectivity index (χ2v) is 4.91. The molecule has 1 unspecified atom stereocenters. The SMILES string of the molecule is COc1cc(Br)c(OCC(C)N)cc1Br. The van der Waals surface area contributed by atoms with Gasteiger partial charge in [0.05, 0.1) is 16.1 Å². The lowest BCUT2D eigenvalue weighted by atomic mass is 10.3. The third-order valence-electron chi connectivity index (χ3n) is 1.71. The number of nitrogens with two attached hydrogens (primary N) is 1. The van der Waals surface area contributed by atoms with E-state index in [1.807, 2.05) is 19.1 Å². The van der Waals surface area contributed by atoms with Crippen LogP contribution in [-0.2, 0) is 0 Å². The second-order valence-electron chi connectivity index (χ2n) is 3.21. The minimum atomic E-state index is 0.0118. The van der Waals surface area contributed by atoms with Crippen molar-refractivity contribution in [3.8, 4) is 11.5 Å². The van der Waals surface area contributed by atoms with Crippen LogP contribution >= 0.6 is 31.9 Å². The van der Waals surface area contributed by atoms with Crippen LogP contribution in [0.15, 0.2) is 21.1 Å². The fraction of sp³-hybridized carbons (Fsp3) is 0.400. The van der Waals surface area contributed by atoms with Gasteiger partial charge in [-0.3, -0.25) is 0 Å². The zero-order valence-electron chi connectivity index (χ0n) is 8.59. The first-order chi connectivity index (χ1) is 7.04. The van der Waals surface area contributed by atoms with Crippen LogP contribution in [0.4, 0.5) is 0 Å². The monoisotopic (exact) mass is 337 g/mol. The van der Waals surface area contributed by atoms with Gasteiger partial charge in [-0.25, -0.2) is 0 Å². The smallest absolute Gasteiger partial charge is 0.134 e. The molecule has 0 heterocycles. The van der Waals surface area contributed by atoms with Crippen molar-refractivity contribution in [2.24, 2.45) is 5.73 Å². The van der Waals surface area contributed by atoms with Crippen molar-refractivity contribution in [2.45, 2.75) is 13.0 Å². The second kappa shape index (κ2) is 5.72. The molecule has 84 valence electrons. The lowest BCUT2D eigenvalue weighted by Gasteiger charge is -2.12. The van der Waals surface area contributed by atoms with Crippen molar-refractivity contribution in [1.29, 1.82) is 0 Å². The van der Waals surface area contributed by atoms with E-state index in [1.165, 1.54) is 0 Å². The molecule has 0 bridgehead atoms. The zero-order valence-corrected chi connectivity index (χ0v) is 11.8. The highest BCUT2D eigenvalue weighted by Gasteiger charge is 2.08. The van der Waals surface area contributed by atoms with Gasteiger partial charge in [0.1, 0.15) is 18.1 Å². The summed E-state index contributed by atoms with van der Waals surface area (Å²) in [7, 11) is 1.62. The normalized spacial score (nSPS) is 12.3. The molecule has 0 spiro atoms. The van der Waals surface area contributed by atoms with Crippen LogP contribution in [0.5, 0.6) is 11.5 Å². The predicted octanol–water partition coefficient (Wildman–Crippen LogP) is 2.95. The first kappa shape index (κ1) is 12.8. The Morgan fingerprint density at radius 1 is 1.27 bits per heavy atom. The van der Waals surface area contributed by atoms with Gasteiger partial charge in [-0.2, -0.15) is 0 Å². The molecule has 0 saturated carbocycles. The Balaban J connectivity index is 2.85. The molecule has 1 aromatic carbocycles. The van der Waals surface area contributed by atoms with Gasteiger partial charge >= 0.3 is 0 Å². The first-order valence-electron chi connectivity index (χ1n) is 4.46. The average molecular weight is 339 g/mol. The van der Waals surface area contributed by atoms with E-state index in [1.54, 1.807) is 7.11 Å². The minimum Gasteiger partial charge on any atom is -0.496 e. The van der Waals surface area contributed by atoms with Gasteiger partial charge in [0.15, 0.2) is 0 Å². The number of halogens is 2. The molecule has 0 amide bonds. The molecular weight excluding hydrogens is 326 g/mol. The maximum Gasteiger partial charge on any atom is 0.134 e. The van der Waals surface area contributed by atoms with Gasteiger partial charge < -0.3 is 15.2 Å². The van der Waals surface area contributed by atoms with Gasteiger partial charge in [-0.15, -0.1) is 0 Å². The molecule has 0 aromatic heterocycles. The molecule has 0 aliphatic heterocycles. The van der Waals surface area contributed by atoms with Crippen molar-refractivity contribution in [1.82, 2.24) is 0 Å². The van der Waals surface area contributed by atoms with E-state index >= 15 is 0 Å². The zero-order chi connectivity index (χ0) is 11.4. The molecule has 3 nitrogen and oxygen atoms in total. The van der Waals surface area contributed by atoms with E-state index in [0.29, 0.717) is 6.61 Å². The van der Waals surface area contributed by atoms with Crippen LogP contribution in [0.2, 0.25) is 0 Å². The molecule has 1 rings (SSSR count). The first-order valence-corrected chi connectivity index (χ1v) is 6.04. The van der Waals surface area contributed by atoms with Crippen LogP contribution in [0.1, 0.15) is 6.92 Å². The summed E-state index contributed by atoms with van der Waals surface area (Å²) in [5.74, 6) is 1.51. The average Bonchev–Trinajstić information content (AvgIpc) is 2.18. The van der Waals surface area contributed by atoms with Gasteiger partial charge in [0.2, 0.25) is 0 Å². The number of benzene rings is 1. The Bertz CT molecular complexity index is 342. The van der Waals surface area contributed by atoms with Gasteiger partial charge in [0.25, 0.3) is 0 Å². The lowest BCUT2D eigenvalue weighted by molar-refractivity contribution is 0.293. The molecule has 15 heavy (non-hydrogen) atoms. The molecule has 0 aliphatic carbocycles. The fourth-order valence-corrected chi connectivity index (χ4v) is 1.92. The van der Waals surface area contributed by atoms with E-state index in [4.69, 9.17) is 15.2 Å². The Hall–Kier alpha value is -0.260. The Morgan fingerprint density at radius 2 is 1.80 bits per heavy atom. The molecule has 1 aromatic rings. The highest BCUT2D eigenvalue weighted by molar-refractivity contribution is 9.11. The molecule has 5 heteroatoms. The van der Waals surface area contributed by atoms with Crippen LogP contribution in [-0.4, -0.2) is 19.8 Å². The summed E-state index contributed by atoms with van der Waals surface area (Å²) in [5, 5.41) is 0. The van der Waals surface area contributed by atoms with Crippen molar-refractivity contribution in [2.75, 3.05) is 13.7 Å². The Kier molecular flexibility index (Phi) is 4.89. The lowest BCUT2D eigenvalue weighted by Crippen LogP contribution is -2.23. The third kappa shape index (κ3) is 3.66. The van der Waals surface area contributed by atoms with Crippen molar-refractivity contribution in [3.63, 3.8) is 0 Å². The number of hydrogen-bond acceptors (Lipinski definition) is 3. The van der Waals surface area contributed by atoms with E-state index in [-0.39, 0.29) is 6.04 Å². The number of rotatable bonds is 4. The van der Waals surface area contributed by atoms with E-state index < -0.39 is 0 Å². The fourth-order valence-electron chi connectivity index (χ4n) is 0.999. The van der Waals surface area contributed by atoms with Gasteiger partial charge in [-0.1, -0.05) is 0 Å². The molecule has 0 aliphatic rings. The summed E-state index contributed by atoms with van der Waals surface area (Å²) in [5.41, 5.74) is 5.61. The summed E-state index contributed by atoms with van der Waals surface area (Å²) in [6.45, 7) is 2.38. The quantitative estimate of drug-likeness (QED) is 0.918. The van der Waals surface area contributed by atoms with Crippen LogP contribution < -0.4 is 15.2 Å². The molecule has 1 atom stereocenters. The van der Waals surface area contributed by atoms with Gasteiger partial charge in [-0.05, 0) is 50.9 Å². The maximum atomic E-state index is 5.61. The van der Waals surface area contributed by atoms with E-state index in [0.717, 1.165) is 20.4 Å². The van der Waals surface area contributed by atoms with E-state index in [9.17, 15) is 0 Å². The summed E-state index contributed by atoms with van der Waals surface area (Å²) >= 11 is 6.80. The van der Waals surface area contributed by atoms with Crippen molar-refractivity contribution in [3.05, 3.63) is 21.1 Å². The summed E-state index contributed by atoms with van der Waals surface area (Å²) in [6.07, 6.45) is 0. The van der Waals surface area contributed by atoms with Crippen LogP contribution in [0.3, 0.4) is 0 Å². The highest BCUT2D eigenvalue weighted by Crippen LogP contribution is 2.35. The summed E-state index contributed by atoms with van der Waals surface area (Å²) in [6, 6.07) is 3.71. The van der Waals surface area contributed by atoms with Crippen LogP contribution in [0, 0.1) is 0 Å². The largest absolute Gasteiger partial charge is 0.496 e. The van der Waals surface area contributed by atoms with Crippen LogP contribution in [0.25, 0.3) is 0 Å². The highest BCUT2D eigenvalue weighted by atomic mass is 79.9. The molecular formula is C10H13Br2NO2. The number of methoxy groups -OCH3 is 1. The topological polar surface area (TPSA) is 44.5 Å². The van der Waals surface area contributed by atoms with Gasteiger partial charge in [0, 0.05) is 6.04 Å². The standard InChI is InChI=1S/C10H13Br2NO2/c1-6(13)5-15-10-4-7(11)9(14-2)3-8(10)12/h3-4,6H,5,13H2,1-2H3. The van der Waals surface area contributed by atoms with Crippen molar-refractivity contribution < 1.29 is 9.47 Å². The molecule has 0 fully saturated rings. The third-order valence-corrected chi connectivity index (χ3v) is 2.95.